The molecule has 0 spiro atoms. The predicted molar refractivity (Wildman–Crippen MR) is 128 cm³/mol. The van der Waals surface area contributed by atoms with Crippen LogP contribution in [0, 0.1) is 0 Å². The zero-order chi connectivity index (χ0) is 23.9. The highest BCUT2D eigenvalue weighted by molar-refractivity contribution is 5.69. The molecule has 0 aromatic rings. The second-order valence-electron chi connectivity index (χ2n) is 11.5. The highest BCUT2D eigenvalue weighted by Crippen LogP contribution is 2.28. The average molecular weight is 454 g/mol. The third-order valence-corrected chi connectivity index (χ3v) is 5.82. The van der Waals surface area contributed by atoms with Gasteiger partial charge in [0.25, 0.3) is 0 Å². The molecule has 2 aliphatic rings. The van der Waals surface area contributed by atoms with Crippen LogP contribution < -0.4 is 5.32 Å². The van der Waals surface area contributed by atoms with Gasteiger partial charge in [-0.25, -0.2) is 9.59 Å². The van der Waals surface area contributed by atoms with E-state index in [9.17, 15) is 9.59 Å². The number of amides is 2. The Labute approximate surface area is 195 Å². The maximum atomic E-state index is 12.8. The van der Waals surface area contributed by atoms with Crippen molar-refractivity contribution in [2.75, 3.05) is 19.6 Å². The lowest BCUT2D eigenvalue weighted by Gasteiger charge is -2.34. The first-order valence-corrected chi connectivity index (χ1v) is 12.6. The number of hydrogen-bond acceptors (Lipinski definition) is 5. The molecule has 1 heterocycles. The van der Waals surface area contributed by atoms with Gasteiger partial charge in [0.1, 0.15) is 11.2 Å². The standard InChI is InChI=1S/C25H47N3O4/c1-19(18-21-12-9-8-10-16-28(21)23(30)32-25(5,6)7)26-15-11-17-27(20-13-14-20)22(29)31-24(2,3)4/h19-21,26H,8-18H2,1-7H3. The number of rotatable bonds is 8. The normalized spacial score (nSPS) is 21.0. The molecule has 1 N–H and O–H groups in total. The van der Waals surface area contributed by atoms with Crippen LogP contribution in [0.25, 0.3) is 0 Å². The predicted octanol–water partition coefficient (Wildman–Crippen LogP) is 5.32. The van der Waals surface area contributed by atoms with Gasteiger partial charge in [0.2, 0.25) is 0 Å². The second kappa shape index (κ2) is 11.6. The monoisotopic (exact) mass is 453 g/mol. The zero-order valence-corrected chi connectivity index (χ0v) is 21.5. The minimum Gasteiger partial charge on any atom is -0.444 e. The van der Waals surface area contributed by atoms with E-state index in [1.165, 1.54) is 6.42 Å². The van der Waals surface area contributed by atoms with E-state index < -0.39 is 11.2 Å². The molecule has 7 heteroatoms. The highest BCUT2D eigenvalue weighted by Gasteiger charge is 2.35. The minimum absolute atomic E-state index is 0.186. The number of likely N-dealkylation sites (tertiary alicyclic amines) is 1. The van der Waals surface area contributed by atoms with E-state index in [1.807, 2.05) is 51.3 Å². The lowest BCUT2D eigenvalue weighted by molar-refractivity contribution is 0.0150. The molecule has 0 aromatic carbocycles. The molecule has 7 nitrogen and oxygen atoms in total. The Hall–Kier alpha value is -1.50. The number of carbonyl (C=O) groups is 2. The number of nitrogens with zero attached hydrogens (tertiary/aromatic N) is 2. The summed E-state index contributed by atoms with van der Waals surface area (Å²) in [6.45, 7) is 16.0. The van der Waals surface area contributed by atoms with Crippen LogP contribution in [0.5, 0.6) is 0 Å². The van der Waals surface area contributed by atoms with E-state index in [1.54, 1.807) is 0 Å². The van der Waals surface area contributed by atoms with Crippen molar-refractivity contribution in [3.8, 4) is 0 Å². The molecule has 0 bridgehead atoms. The van der Waals surface area contributed by atoms with Gasteiger partial charge in [-0.1, -0.05) is 12.8 Å². The Morgan fingerprint density at radius 3 is 2.25 bits per heavy atom. The van der Waals surface area contributed by atoms with Crippen molar-refractivity contribution in [1.82, 2.24) is 15.1 Å². The first-order chi connectivity index (χ1) is 14.9. The molecule has 186 valence electrons. The molecular formula is C25H47N3O4. The summed E-state index contributed by atoms with van der Waals surface area (Å²) in [7, 11) is 0. The van der Waals surface area contributed by atoms with Crippen molar-refractivity contribution in [3.05, 3.63) is 0 Å². The van der Waals surface area contributed by atoms with Crippen molar-refractivity contribution < 1.29 is 19.1 Å². The Kier molecular flexibility index (Phi) is 9.68. The largest absolute Gasteiger partial charge is 0.444 e. The molecule has 2 fully saturated rings. The van der Waals surface area contributed by atoms with E-state index >= 15 is 0 Å². The van der Waals surface area contributed by atoms with Crippen molar-refractivity contribution in [2.24, 2.45) is 0 Å². The Morgan fingerprint density at radius 1 is 1.00 bits per heavy atom. The van der Waals surface area contributed by atoms with E-state index in [4.69, 9.17) is 9.47 Å². The second-order valence-corrected chi connectivity index (χ2v) is 11.5. The van der Waals surface area contributed by atoms with E-state index in [2.05, 4.69) is 12.2 Å². The van der Waals surface area contributed by atoms with Crippen LogP contribution in [0.4, 0.5) is 9.59 Å². The van der Waals surface area contributed by atoms with Crippen LogP contribution in [0.1, 0.15) is 99.8 Å². The maximum absolute atomic E-state index is 12.8. The lowest BCUT2D eigenvalue weighted by atomic mass is 10.0. The van der Waals surface area contributed by atoms with Gasteiger partial charge in [-0.05, 0) is 93.5 Å². The molecule has 2 atom stereocenters. The molecule has 1 aliphatic carbocycles. The van der Waals surface area contributed by atoms with Gasteiger partial charge in [-0.15, -0.1) is 0 Å². The van der Waals surface area contributed by atoms with Crippen molar-refractivity contribution >= 4 is 12.2 Å². The molecule has 0 aromatic heterocycles. The molecular weight excluding hydrogens is 406 g/mol. The van der Waals surface area contributed by atoms with Crippen LogP contribution in [-0.2, 0) is 9.47 Å². The summed E-state index contributed by atoms with van der Waals surface area (Å²) in [5.74, 6) is 0. The summed E-state index contributed by atoms with van der Waals surface area (Å²) >= 11 is 0. The summed E-state index contributed by atoms with van der Waals surface area (Å²) in [5.41, 5.74) is -0.935. The fraction of sp³-hybridized carbons (Fsp3) is 0.920. The Balaban J connectivity index is 1.79. The molecule has 2 rings (SSSR count). The lowest BCUT2D eigenvalue weighted by Crippen LogP contribution is -2.46. The summed E-state index contributed by atoms with van der Waals surface area (Å²) < 4.78 is 11.2. The summed E-state index contributed by atoms with van der Waals surface area (Å²) in [6.07, 6.45) is 7.96. The fourth-order valence-corrected chi connectivity index (χ4v) is 4.20. The third-order valence-electron chi connectivity index (χ3n) is 5.82. The number of ether oxygens (including phenoxy) is 2. The van der Waals surface area contributed by atoms with Gasteiger partial charge in [-0.3, -0.25) is 0 Å². The molecule has 1 aliphatic heterocycles. The minimum atomic E-state index is -0.473. The molecule has 32 heavy (non-hydrogen) atoms. The average Bonchev–Trinajstić information content (AvgIpc) is 3.46. The molecule has 2 unspecified atom stereocenters. The smallest absolute Gasteiger partial charge is 0.410 e. The SMILES string of the molecule is CC(CC1CCCCCN1C(=O)OC(C)(C)C)NCCCN(C(=O)OC(C)(C)C)C1CC1. The molecule has 1 saturated carbocycles. The topological polar surface area (TPSA) is 71.1 Å². The summed E-state index contributed by atoms with van der Waals surface area (Å²) in [4.78, 5) is 29.1. The quantitative estimate of drug-likeness (QED) is 0.503. The van der Waals surface area contributed by atoms with E-state index in [-0.39, 0.29) is 18.2 Å². The van der Waals surface area contributed by atoms with Crippen LogP contribution in [0.15, 0.2) is 0 Å². The number of nitrogens with one attached hydrogen (secondary N) is 1. The molecule has 1 saturated heterocycles. The third kappa shape index (κ3) is 9.97. The van der Waals surface area contributed by atoms with Crippen LogP contribution in [0.2, 0.25) is 0 Å². The van der Waals surface area contributed by atoms with Crippen molar-refractivity contribution in [2.45, 2.75) is 129 Å². The fourth-order valence-electron chi connectivity index (χ4n) is 4.20. The maximum Gasteiger partial charge on any atom is 0.410 e. The highest BCUT2D eigenvalue weighted by atomic mass is 16.6. The van der Waals surface area contributed by atoms with E-state index in [0.29, 0.717) is 18.6 Å². The summed E-state index contributed by atoms with van der Waals surface area (Å²) in [5, 5.41) is 3.60. The first kappa shape index (κ1) is 26.7. The van der Waals surface area contributed by atoms with Gasteiger partial charge < -0.3 is 24.6 Å². The van der Waals surface area contributed by atoms with Crippen LogP contribution >= 0.6 is 0 Å². The van der Waals surface area contributed by atoms with Gasteiger partial charge in [0.15, 0.2) is 0 Å². The molecule has 0 radical (unpaired) electrons. The number of hydrogen-bond donors (Lipinski definition) is 1. The van der Waals surface area contributed by atoms with Gasteiger partial charge in [0, 0.05) is 31.2 Å². The van der Waals surface area contributed by atoms with E-state index in [0.717, 1.165) is 58.0 Å². The van der Waals surface area contributed by atoms with Gasteiger partial charge in [-0.2, -0.15) is 0 Å². The number of carbonyl (C=O) groups excluding carboxylic acids is 2. The van der Waals surface area contributed by atoms with Gasteiger partial charge in [0.05, 0.1) is 0 Å². The Bertz CT molecular complexity index is 607. The first-order valence-electron chi connectivity index (χ1n) is 12.6. The van der Waals surface area contributed by atoms with Crippen LogP contribution in [-0.4, -0.2) is 70.9 Å². The van der Waals surface area contributed by atoms with Crippen molar-refractivity contribution in [1.29, 1.82) is 0 Å². The Morgan fingerprint density at radius 2 is 1.66 bits per heavy atom. The summed E-state index contributed by atoms with van der Waals surface area (Å²) in [6, 6.07) is 0.842. The zero-order valence-electron chi connectivity index (χ0n) is 21.5. The van der Waals surface area contributed by atoms with Gasteiger partial charge >= 0.3 is 12.2 Å². The van der Waals surface area contributed by atoms with Crippen molar-refractivity contribution in [3.63, 3.8) is 0 Å². The molecule has 2 amide bonds. The van der Waals surface area contributed by atoms with Crippen LogP contribution in [0.3, 0.4) is 0 Å².